The van der Waals surface area contributed by atoms with E-state index in [0.29, 0.717) is 10.7 Å². The standard InChI is InChI=1S/C14H14BrClN2O2/c1-14(8-2-3-8)13(20)18(7-12(19)17-14)11-5-4-9(15)6-10(11)16/h4-6,8H,2-3,7H2,1H3,(H,17,19). The largest absolute Gasteiger partial charge is 0.340 e. The molecule has 1 aliphatic carbocycles. The molecule has 1 saturated carbocycles. The Morgan fingerprint density at radius 2 is 2.10 bits per heavy atom. The van der Waals surface area contributed by atoms with Gasteiger partial charge in [-0.1, -0.05) is 27.5 Å². The van der Waals surface area contributed by atoms with Crippen LogP contribution in [0.2, 0.25) is 5.02 Å². The van der Waals surface area contributed by atoms with Gasteiger partial charge in [0.15, 0.2) is 0 Å². The third-order valence-corrected chi connectivity index (χ3v) is 4.78. The van der Waals surface area contributed by atoms with Crippen LogP contribution < -0.4 is 10.2 Å². The molecule has 1 heterocycles. The lowest BCUT2D eigenvalue weighted by Crippen LogP contribution is -2.66. The molecule has 0 radical (unpaired) electrons. The molecular weight excluding hydrogens is 344 g/mol. The average molecular weight is 358 g/mol. The number of hydrogen-bond acceptors (Lipinski definition) is 2. The molecule has 0 bridgehead atoms. The lowest BCUT2D eigenvalue weighted by molar-refractivity contribution is -0.136. The smallest absolute Gasteiger partial charge is 0.253 e. The van der Waals surface area contributed by atoms with Crippen molar-refractivity contribution in [3.63, 3.8) is 0 Å². The summed E-state index contributed by atoms with van der Waals surface area (Å²) < 4.78 is 0.838. The van der Waals surface area contributed by atoms with Crippen molar-refractivity contribution in [1.29, 1.82) is 0 Å². The molecule has 0 spiro atoms. The molecule has 0 aromatic heterocycles. The number of amides is 2. The summed E-state index contributed by atoms with van der Waals surface area (Å²) in [6.07, 6.45) is 1.95. The number of rotatable bonds is 2. The van der Waals surface area contributed by atoms with E-state index in [2.05, 4.69) is 21.2 Å². The van der Waals surface area contributed by atoms with Crippen LogP contribution in [-0.2, 0) is 9.59 Å². The van der Waals surface area contributed by atoms with Crippen molar-refractivity contribution in [2.24, 2.45) is 5.92 Å². The zero-order valence-electron chi connectivity index (χ0n) is 11.0. The van der Waals surface area contributed by atoms with Crippen molar-refractivity contribution in [3.05, 3.63) is 27.7 Å². The second-order valence-corrected chi connectivity index (χ2v) is 6.83. The maximum Gasteiger partial charge on any atom is 0.253 e. The van der Waals surface area contributed by atoms with E-state index in [0.717, 1.165) is 17.3 Å². The number of halogens is 2. The average Bonchev–Trinajstić information content (AvgIpc) is 3.18. The van der Waals surface area contributed by atoms with Crippen LogP contribution >= 0.6 is 27.5 Å². The Bertz CT molecular complexity index is 603. The number of carbonyl (C=O) groups is 2. The molecule has 2 aliphatic rings. The highest BCUT2D eigenvalue weighted by Crippen LogP contribution is 2.43. The summed E-state index contributed by atoms with van der Waals surface area (Å²) >= 11 is 9.54. The molecule has 106 valence electrons. The molecule has 1 aromatic carbocycles. The van der Waals surface area contributed by atoms with E-state index in [4.69, 9.17) is 11.6 Å². The van der Waals surface area contributed by atoms with Crippen LogP contribution in [0, 0.1) is 5.92 Å². The predicted molar refractivity (Wildman–Crippen MR) is 80.8 cm³/mol. The summed E-state index contributed by atoms with van der Waals surface area (Å²) in [5.41, 5.74) is -0.215. The van der Waals surface area contributed by atoms with E-state index in [1.165, 1.54) is 4.90 Å². The van der Waals surface area contributed by atoms with Crippen molar-refractivity contribution in [1.82, 2.24) is 5.32 Å². The van der Waals surface area contributed by atoms with Crippen molar-refractivity contribution in [2.45, 2.75) is 25.3 Å². The zero-order chi connectivity index (χ0) is 14.5. The van der Waals surface area contributed by atoms with Crippen LogP contribution in [0.1, 0.15) is 19.8 Å². The zero-order valence-corrected chi connectivity index (χ0v) is 13.3. The fourth-order valence-corrected chi connectivity index (χ4v) is 3.49. The second-order valence-electron chi connectivity index (χ2n) is 5.51. The number of nitrogens with one attached hydrogen (secondary N) is 1. The minimum absolute atomic E-state index is 0.0164. The molecule has 2 amide bonds. The monoisotopic (exact) mass is 356 g/mol. The van der Waals surface area contributed by atoms with Gasteiger partial charge in [-0.2, -0.15) is 0 Å². The van der Waals surface area contributed by atoms with Gasteiger partial charge in [0, 0.05) is 4.47 Å². The van der Waals surface area contributed by atoms with Gasteiger partial charge in [-0.15, -0.1) is 0 Å². The van der Waals surface area contributed by atoms with E-state index in [1.807, 2.05) is 13.0 Å². The fourth-order valence-electron chi connectivity index (χ4n) is 2.71. The van der Waals surface area contributed by atoms with Gasteiger partial charge in [-0.05, 0) is 43.9 Å². The van der Waals surface area contributed by atoms with Crippen LogP contribution in [0.3, 0.4) is 0 Å². The van der Waals surface area contributed by atoms with Crippen LogP contribution in [0.25, 0.3) is 0 Å². The lowest BCUT2D eigenvalue weighted by atomic mass is 9.91. The summed E-state index contributed by atoms with van der Waals surface area (Å²) in [7, 11) is 0. The quantitative estimate of drug-likeness (QED) is 0.885. The van der Waals surface area contributed by atoms with E-state index in [-0.39, 0.29) is 24.3 Å². The van der Waals surface area contributed by atoms with Gasteiger partial charge in [0.1, 0.15) is 12.1 Å². The van der Waals surface area contributed by atoms with Crippen molar-refractivity contribution in [2.75, 3.05) is 11.4 Å². The summed E-state index contributed by atoms with van der Waals surface area (Å²) in [5, 5.41) is 3.31. The predicted octanol–water partition coefficient (Wildman–Crippen LogP) is 2.73. The van der Waals surface area contributed by atoms with Gasteiger partial charge in [-0.25, -0.2) is 0 Å². The number of carbonyl (C=O) groups excluding carboxylic acids is 2. The molecule has 1 aliphatic heterocycles. The Balaban J connectivity index is 1.99. The fraction of sp³-hybridized carbons (Fsp3) is 0.429. The maximum atomic E-state index is 12.8. The number of nitrogens with zero attached hydrogens (tertiary/aromatic N) is 1. The molecule has 1 aromatic rings. The highest BCUT2D eigenvalue weighted by atomic mass is 79.9. The summed E-state index contributed by atoms with van der Waals surface area (Å²) in [5.74, 6) is 0.0118. The maximum absolute atomic E-state index is 12.8. The Hall–Kier alpha value is -1.07. The van der Waals surface area contributed by atoms with Gasteiger partial charge in [0.05, 0.1) is 10.7 Å². The molecule has 3 rings (SSSR count). The van der Waals surface area contributed by atoms with Crippen molar-refractivity contribution >= 4 is 45.0 Å². The van der Waals surface area contributed by atoms with E-state index in [9.17, 15) is 9.59 Å². The SMILES string of the molecule is CC1(C2CC2)NC(=O)CN(c2ccc(Br)cc2Cl)C1=O. The first-order valence-electron chi connectivity index (χ1n) is 6.50. The number of anilines is 1. The van der Waals surface area contributed by atoms with Crippen molar-refractivity contribution in [3.8, 4) is 0 Å². The van der Waals surface area contributed by atoms with E-state index < -0.39 is 5.54 Å². The minimum atomic E-state index is -0.800. The van der Waals surface area contributed by atoms with Crippen LogP contribution in [-0.4, -0.2) is 23.9 Å². The molecule has 1 N–H and O–H groups in total. The lowest BCUT2D eigenvalue weighted by Gasteiger charge is -2.40. The van der Waals surface area contributed by atoms with Gasteiger partial charge < -0.3 is 5.32 Å². The van der Waals surface area contributed by atoms with Crippen LogP contribution in [0.15, 0.2) is 22.7 Å². The normalized spacial score (nSPS) is 26.6. The Morgan fingerprint density at radius 3 is 2.70 bits per heavy atom. The molecule has 20 heavy (non-hydrogen) atoms. The first-order valence-corrected chi connectivity index (χ1v) is 7.67. The van der Waals surface area contributed by atoms with E-state index >= 15 is 0 Å². The third kappa shape index (κ3) is 2.23. The minimum Gasteiger partial charge on any atom is -0.340 e. The van der Waals surface area contributed by atoms with Crippen molar-refractivity contribution < 1.29 is 9.59 Å². The van der Waals surface area contributed by atoms with Gasteiger partial charge in [-0.3, -0.25) is 14.5 Å². The molecule has 1 unspecified atom stereocenters. The van der Waals surface area contributed by atoms with Gasteiger partial charge in [0.2, 0.25) is 5.91 Å². The second kappa shape index (κ2) is 4.74. The summed E-state index contributed by atoms with van der Waals surface area (Å²) in [4.78, 5) is 26.2. The Labute approximate surface area is 130 Å². The van der Waals surface area contributed by atoms with E-state index in [1.54, 1.807) is 12.1 Å². The third-order valence-electron chi connectivity index (χ3n) is 3.98. The number of piperazine rings is 1. The number of benzene rings is 1. The van der Waals surface area contributed by atoms with Gasteiger partial charge in [0.25, 0.3) is 5.91 Å². The molecule has 6 heteroatoms. The topological polar surface area (TPSA) is 49.4 Å². The summed E-state index contributed by atoms with van der Waals surface area (Å²) in [6, 6.07) is 5.30. The molecule has 1 saturated heterocycles. The highest BCUT2D eigenvalue weighted by Gasteiger charge is 2.53. The number of hydrogen-bond donors (Lipinski definition) is 1. The summed E-state index contributed by atoms with van der Waals surface area (Å²) in [6.45, 7) is 1.83. The Morgan fingerprint density at radius 1 is 1.40 bits per heavy atom. The molecular formula is C14H14BrClN2O2. The van der Waals surface area contributed by atoms with Crippen LogP contribution in [0.4, 0.5) is 5.69 Å². The first kappa shape index (κ1) is 13.9. The molecule has 4 nitrogen and oxygen atoms in total. The first-order chi connectivity index (χ1) is 9.41. The van der Waals surface area contributed by atoms with Gasteiger partial charge >= 0.3 is 0 Å². The molecule has 1 atom stereocenters. The highest BCUT2D eigenvalue weighted by molar-refractivity contribution is 9.10. The molecule has 2 fully saturated rings. The van der Waals surface area contributed by atoms with Crippen LogP contribution in [0.5, 0.6) is 0 Å². The Kier molecular flexibility index (Phi) is 3.29.